The second-order valence-corrected chi connectivity index (χ2v) is 6.83. The molecule has 1 heterocycles. The van der Waals surface area contributed by atoms with Crippen LogP contribution in [0.4, 0.5) is 0 Å². The summed E-state index contributed by atoms with van der Waals surface area (Å²) >= 11 is 0. The first-order valence-corrected chi connectivity index (χ1v) is 7.58. The number of hydrogen-bond donors (Lipinski definition) is 0. The Kier molecular flexibility index (Phi) is 3.64. The Balaban J connectivity index is 2.35. The molecule has 5 nitrogen and oxygen atoms in total. The van der Waals surface area contributed by atoms with Crippen LogP contribution in [0.1, 0.15) is 11.1 Å². The van der Waals surface area contributed by atoms with E-state index in [1.54, 1.807) is 31.0 Å². The van der Waals surface area contributed by atoms with Crippen LogP contribution in [-0.2, 0) is 14.8 Å². The zero-order valence-electron chi connectivity index (χ0n) is 11.4. The van der Waals surface area contributed by atoms with Crippen molar-refractivity contribution >= 4 is 15.9 Å². The maximum Gasteiger partial charge on any atom is 0.243 e. The maximum atomic E-state index is 12.5. The van der Waals surface area contributed by atoms with Crippen LogP contribution in [0.5, 0.6) is 0 Å². The highest BCUT2D eigenvalue weighted by Crippen LogP contribution is 2.22. The number of aryl methyl sites for hydroxylation is 2. The number of likely N-dealkylation sites (N-methyl/N-ethyl adjacent to an activating group) is 1. The van der Waals surface area contributed by atoms with Gasteiger partial charge in [0.05, 0.1) is 11.4 Å². The van der Waals surface area contributed by atoms with Gasteiger partial charge in [0.1, 0.15) is 0 Å². The van der Waals surface area contributed by atoms with Crippen LogP contribution in [0.15, 0.2) is 23.1 Å². The lowest BCUT2D eigenvalue weighted by atomic mass is 10.2. The molecule has 0 aliphatic carbocycles. The van der Waals surface area contributed by atoms with Crippen molar-refractivity contribution in [3.63, 3.8) is 0 Å². The average Bonchev–Trinajstić information content (AvgIpc) is 2.32. The van der Waals surface area contributed by atoms with Crippen LogP contribution in [0, 0.1) is 13.8 Å². The van der Waals surface area contributed by atoms with E-state index in [0.29, 0.717) is 18.7 Å². The highest BCUT2D eigenvalue weighted by Gasteiger charge is 2.32. The number of carbonyl (C=O) groups excluding carboxylic acids is 1. The molecule has 0 saturated carbocycles. The van der Waals surface area contributed by atoms with E-state index in [1.807, 2.05) is 13.0 Å². The number of sulfonamides is 1. The number of piperazine rings is 1. The molecule has 2 rings (SSSR count). The van der Waals surface area contributed by atoms with Gasteiger partial charge < -0.3 is 4.90 Å². The summed E-state index contributed by atoms with van der Waals surface area (Å²) in [5, 5.41) is 0. The van der Waals surface area contributed by atoms with Gasteiger partial charge in [-0.15, -0.1) is 0 Å². The highest BCUT2D eigenvalue weighted by molar-refractivity contribution is 7.89. The maximum absolute atomic E-state index is 12.5. The molecule has 1 saturated heterocycles. The van der Waals surface area contributed by atoms with Crippen molar-refractivity contribution in [2.24, 2.45) is 0 Å². The van der Waals surface area contributed by atoms with Crippen LogP contribution >= 0.6 is 0 Å². The first-order chi connectivity index (χ1) is 8.82. The Morgan fingerprint density at radius 3 is 2.42 bits per heavy atom. The Hall–Kier alpha value is -1.40. The normalized spacial score (nSPS) is 17.8. The molecular formula is C13H18N2O3S. The molecule has 1 amide bonds. The van der Waals surface area contributed by atoms with Crippen molar-refractivity contribution in [3.05, 3.63) is 29.3 Å². The molecule has 1 fully saturated rings. The van der Waals surface area contributed by atoms with E-state index >= 15 is 0 Å². The summed E-state index contributed by atoms with van der Waals surface area (Å²) < 4.78 is 26.3. The predicted octanol–water partition coefficient (Wildman–Crippen LogP) is 0.766. The second kappa shape index (κ2) is 4.94. The molecule has 1 aromatic rings. The van der Waals surface area contributed by atoms with E-state index in [-0.39, 0.29) is 17.3 Å². The SMILES string of the molecule is Cc1ccc(S(=O)(=O)N2CCN(C)C(=O)C2)c(C)c1. The number of carbonyl (C=O) groups is 1. The molecule has 0 spiro atoms. The third-order valence-electron chi connectivity index (χ3n) is 3.37. The molecule has 0 bridgehead atoms. The fourth-order valence-corrected chi connectivity index (χ4v) is 3.76. The standard InChI is InChI=1S/C13H18N2O3S/c1-10-4-5-12(11(2)8-10)19(17,18)15-7-6-14(3)13(16)9-15/h4-5,8H,6-7,9H2,1-3H3. The minimum atomic E-state index is -3.58. The number of nitrogens with zero attached hydrogens (tertiary/aromatic N) is 2. The molecule has 0 atom stereocenters. The molecule has 0 radical (unpaired) electrons. The molecule has 1 aliphatic rings. The fourth-order valence-electron chi connectivity index (χ4n) is 2.17. The Morgan fingerprint density at radius 2 is 1.84 bits per heavy atom. The highest BCUT2D eigenvalue weighted by atomic mass is 32.2. The summed E-state index contributed by atoms with van der Waals surface area (Å²) in [6, 6.07) is 5.23. The first-order valence-electron chi connectivity index (χ1n) is 6.14. The number of amides is 1. The topological polar surface area (TPSA) is 57.7 Å². The lowest BCUT2D eigenvalue weighted by Crippen LogP contribution is -2.50. The Bertz CT molecular complexity index is 610. The zero-order chi connectivity index (χ0) is 14.2. The molecule has 19 heavy (non-hydrogen) atoms. The van der Waals surface area contributed by atoms with Crippen molar-refractivity contribution in [3.8, 4) is 0 Å². The van der Waals surface area contributed by atoms with E-state index in [4.69, 9.17) is 0 Å². The van der Waals surface area contributed by atoms with Gasteiger partial charge in [-0.05, 0) is 25.5 Å². The van der Waals surface area contributed by atoms with Gasteiger partial charge in [0, 0.05) is 20.1 Å². The van der Waals surface area contributed by atoms with Crippen LogP contribution in [0.25, 0.3) is 0 Å². The molecule has 1 aliphatic heterocycles. The van der Waals surface area contributed by atoms with Crippen molar-refractivity contribution < 1.29 is 13.2 Å². The van der Waals surface area contributed by atoms with Gasteiger partial charge in [-0.2, -0.15) is 4.31 Å². The van der Waals surface area contributed by atoms with Gasteiger partial charge in [0.15, 0.2) is 0 Å². The minimum Gasteiger partial charge on any atom is -0.343 e. The smallest absolute Gasteiger partial charge is 0.243 e. The van der Waals surface area contributed by atoms with Gasteiger partial charge in [0.25, 0.3) is 0 Å². The minimum absolute atomic E-state index is 0.0772. The summed E-state index contributed by atoms with van der Waals surface area (Å²) in [5.41, 5.74) is 1.73. The summed E-state index contributed by atoms with van der Waals surface area (Å²) in [5.74, 6) is -0.167. The van der Waals surface area contributed by atoms with Gasteiger partial charge in [-0.1, -0.05) is 17.7 Å². The van der Waals surface area contributed by atoms with E-state index in [9.17, 15) is 13.2 Å². The molecule has 6 heteroatoms. The predicted molar refractivity (Wildman–Crippen MR) is 72.3 cm³/mol. The summed E-state index contributed by atoms with van der Waals surface area (Å²) in [6.45, 7) is 4.40. The quantitative estimate of drug-likeness (QED) is 0.805. The van der Waals surface area contributed by atoms with E-state index < -0.39 is 10.0 Å². The van der Waals surface area contributed by atoms with E-state index in [0.717, 1.165) is 5.56 Å². The molecule has 0 unspecified atom stereocenters. The van der Waals surface area contributed by atoms with Crippen LogP contribution < -0.4 is 0 Å². The zero-order valence-corrected chi connectivity index (χ0v) is 12.2. The molecule has 1 aromatic carbocycles. The van der Waals surface area contributed by atoms with Crippen molar-refractivity contribution in [2.45, 2.75) is 18.7 Å². The van der Waals surface area contributed by atoms with Crippen LogP contribution in [0.2, 0.25) is 0 Å². The largest absolute Gasteiger partial charge is 0.343 e. The van der Waals surface area contributed by atoms with Gasteiger partial charge >= 0.3 is 0 Å². The Labute approximate surface area is 113 Å². The lowest BCUT2D eigenvalue weighted by molar-refractivity contribution is -0.132. The third kappa shape index (κ3) is 2.64. The van der Waals surface area contributed by atoms with Crippen molar-refractivity contribution in [1.29, 1.82) is 0 Å². The lowest BCUT2D eigenvalue weighted by Gasteiger charge is -2.31. The van der Waals surface area contributed by atoms with Gasteiger partial charge in [0.2, 0.25) is 15.9 Å². The third-order valence-corrected chi connectivity index (χ3v) is 5.38. The number of benzene rings is 1. The molecule has 104 valence electrons. The first kappa shape index (κ1) is 14.0. The molecular weight excluding hydrogens is 264 g/mol. The monoisotopic (exact) mass is 282 g/mol. The van der Waals surface area contributed by atoms with Crippen LogP contribution in [-0.4, -0.2) is 50.2 Å². The number of rotatable bonds is 2. The summed E-state index contributed by atoms with van der Waals surface area (Å²) in [4.78, 5) is 13.5. The molecule has 0 aromatic heterocycles. The summed E-state index contributed by atoms with van der Waals surface area (Å²) in [6.07, 6.45) is 0. The average molecular weight is 282 g/mol. The van der Waals surface area contributed by atoms with Gasteiger partial charge in [-0.25, -0.2) is 8.42 Å². The Morgan fingerprint density at radius 1 is 1.16 bits per heavy atom. The van der Waals surface area contributed by atoms with Crippen LogP contribution in [0.3, 0.4) is 0 Å². The van der Waals surface area contributed by atoms with E-state index in [1.165, 1.54) is 4.31 Å². The van der Waals surface area contributed by atoms with Gasteiger partial charge in [-0.3, -0.25) is 4.79 Å². The number of hydrogen-bond acceptors (Lipinski definition) is 3. The molecule has 0 N–H and O–H groups in total. The fraction of sp³-hybridized carbons (Fsp3) is 0.462. The van der Waals surface area contributed by atoms with E-state index in [2.05, 4.69) is 0 Å². The van der Waals surface area contributed by atoms with Crippen molar-refractivity contribution in [2.75, 3.05) is 26.7 Å². The second-order valence-electron chi connectivity index (χ2n) is 4.92. The summed E-state index contributed by atoms with van der Waals surface area (Å²) in [7, 11) is -1.90. The van der Waals surface area contributed by atoms with Crippen molar-refractivity contribution in [1.82, 2.24) is 9.21 Å².